The van der Waals surface area contributed by atoms with Crippen LogP contribution in [-0.4, -0.2) is 67.7 Å². The van der Waals surface area contributed by atoms with Crippen LogP contribution in [0.1, 0.15) is 34.6 Å². The van der Waals surface area contributed by atoms with Gasteiger partial charge in [-0.2, -0.15) is 0 Å². The average molecular weight is 386 g/mol. The van der Waals surface area contributed by atoms with Crippen LogP contribution in [0.25, 0.3) is 0 Å². The molecule has 27 heavy (non-hydrogen) atoms. The highest BCUT2D eigenvalue weighted by molar-refractivity contribution is 6.01. The molecule has 6 N–H and O–H groups in total. The summed E-state index contributed by atoms with van der Waals surface area (Å²) in [5.41, 5.74) is -0.685. The number of carboxylic acids is 4. The lowest BCUT2D eigenvalue weighted by Gasteiger charge is -2.16. The zero-order chi connectivity index (χ0) is 21.6. The van der Waals surface area contributed by atoms with Gasteiger partial charge in [0.2, 0.25) is 0 Å². The van der Waals surface area contributed by atoms with E-state index in [9.17, 15) is 19.2 Å². The molecular formula is C17H22O10. The first-order chi connectivity index (χ1) is 12.4. The number of aromatic carboxylic acids is 2. The summed E-state index contributed by atoms with van der Waals surface area (Å²) in [5, 5.41) is 49.6. The van der Waals surface area contributed by atoms with Gasteiger partial charge in [-0.3, -0.25) is 0 Å². The van der Waals surface area contributed by atoms with Crippen molar-refractivity contribution in [3.8, 4) is 0 Å². The fourth-order valence-corrected chi connectivity index (χ4v) is 1.05. The second-order valence-electron chi connectivity index (χ2n) is 5.65. The molecule has 0 saturated carbocycles. The lowest BCUT2D eigenvalue weighted by atomic mass is 9.97. The van der Waals surface area contributed by atoms with Crippen LogP contribution in [0, 0.1) is 5.41 Å². The van der Waals surface area contributed by atoms with E-state index in [-0.39, 0.29) is 29.8 Å². The van der Waals surface area contributed by atoms with Crippen molar-refractivity contribution < 1.29 is 49.8 Å². The summed E-state index contributed by atoms with van der Waals surface area (Å²) >= 11 is 0. The number of hydrogen-bond acceptors (Lipinski definition) is 6. The molecular weight excluding hydrogens is 364 g/mol. The minimum atomic E-state index is -1.26. The van der Waals surface area contributed by atoms with E-state index in [4.69, 9.17) is 30.6 Å². The van der Waals surface area contributed by atoms with Crippen LogP contribution in [-0.2, 0) is 9.59 Å². The van der Waals surface area contributed by atoms with Gasteiger partial charge in [0.1, 0.15) is 0 Å². The van der Waals surface area contributed by atoms with Gasteiger partial charge in [-0.1, -0.05) is 26.0 Å². The summed E-state index contributed by atoms with van der Waals surface area (Å²) in [4.78, 5) is 40.0. The van der Waals surface area contributed by atoms with Gasteiger partial charge in [0.15, 0.2) is 0 Å². The van der Waals surface area contributed by atoms with Crippen LogP contribution in [0.5, 0.6) is 0 Å². The van der Waals surface area contributed by atoms with Gasteiger partial charge in [-0.15, -0.1) is 0 Å². The SMILES string of the molecule is CC(C)(CO)CO.O=C(O)C=CC(=O)O.O=C(O)c1ccccc1C(=O)O. The first-order valence-corrected chi connectivity index (χ1v) is 7.29. The molecule has 0 aliphatic rings. The lowest BCUT2D eigenvalue weighted by Crippen LogP contribution is -2.20. The van der Waals surface area contributed by atoms with E-state index in [1.165, 1.54) is 24.3 Å². The quantitative estimate of drug-likeness (QED) is 0.381. The largest absolute Gasteiger partial charge is 0.478 e. The Hall–Kier alpha value is -3.24. The van der Waals surface area contributed by atoms with Crippen molar-refractivity contribution >= 4 is 23.9 Å². The minimum absolute atomic E-state index is 0.0451. The summed E-state index contributed by atoms with van der Waals surface area (Å²) < 4.78 is 0. The normalized spacial score (nSPS) is 10.1. The number of aliphatic carboxylic acids is 2. The van der Waals surface area contributed by atoms with Gasteiger partial charge in [-0.25, -0.2) is 19.2 Å². The molecule has 10 nitrogen and oxygen atoms in total. The number of rotatable bonds is 6. The van der Waals surface area contributed by atoms with Crippen molar-refractivity contribution in [3.63, 3.8) is 0 Å². The Bertz CT molecular complexity index is 621. The second kappa shape index (κ2) is 13.0. The van der Waals surface area contributed by atoms with Crippen molar-refractivity contribution in [2.45, 2.75) is 13.8 Å². The standard InChI is InChI=1S/C8H6O4.C5H12O2.C4H4O4/c9-7(10)5-3-1-2-4-6(5)8(11)12;1-5(2,3-6)4-7;5-3(6)1-2-4(7)8/h1-4H,(H,9,10)(H,11,12);6-7H,3-4H2,1-2H3;1-2H,(H,5,6)(H,7,8). The second-order valence-corrected chi connectivity index (χ2v) is 5.65. The maximum absolute atomic E-state index is 10.5. The van der Waals surface area contributed by atoms with Gasteiger partial charge in [-0.05, 0) is 12.1 Å². The fraction of sp³-hybridized carbons (Fsp3) is 0.294. The van der Waals surface area contributed by atoms with Crippen LogP contribution in [0.3, 0.4) is 0 Å². The molecule has 0 aliphatic heterocycles. The molecule has 1 aromatic rings. The van der Waals surface area contributed by atoms with E-state index < -0.39 is 23.9 Å². The van der Waals surface area contributed by atoms with Crippen molar-refractivity contribution in [3.05, 3.63) is 47.5 Å². The molecule has 0 bridgehead atoms. The molecule has 0 fully saturated rings. The maximum atomic E-state index is 10.5. The smallest absolute Gasteiger partial charge is 0.336 e. The number of benzene rings is 1. The van der Waals surface area contributed by atoms with E-state index in [1.807, 2.05) is 0 Å². The van der Waals surface area contributed by atoms with Crippen LogP contribution in [0.15, 0.2) is 36.4 Å². The molecule has 10 heteroatoms. The summed E-state index contributed by atoms with van der Waals surface area (Å²) in [6, 6.07) is 5.48. The zero-order valence-corrected chi connectivity index (χ0v) is 14.7. The molecule has 0 radical (unpaired) electrons. The molecule has 0 amide bonds. The lowest BCUT2D eigenvalue weighted by molar-refractivity contribution is -0.134. The summed E-state index contributed by atoms with van der Waals surface area (Å²) in [5.74, 6) is -4.97. The van der Waals surface area contributed by atoms with E-state index in [1.54, 1.807) is 13.8 Å². The predicted octanol–water partition coefficient (Wildman–Crippen LogP) is 0.792. The van der Waals surface area contributed by atoms with E-state index in [2.05, 4.69) is 0 Å². The van der Waals surface area contributed by atoms with Crippen molar-refractivity contribution in [1.82, 2.24) is 0 Å². The van der Waals surface area contributed by atoms with Gasteiger partial charge in [0, 0.05) is 17.6 Å². The summed E-state index contributed by atoms with van der Waals surface area (Å²) in [6.07, 6.45) is 1.12. The Labute approximate surface area is 154 Å². The molecule has 0 heterocycles. The van der Waals surface area contributed by atoms with E-state index >= 15 is 0 Å². The summed E-state index contributed by atoms with van der Waals surface area (Å²) in [6.45, 7) is 3.69. The predicted molar refractivity (Wildman–Crippen MR) is 92.7 cm³/mol. The molecule has 0 saturated heterocycles. The number of aliphatic hydroxyl groups excluding tert-OH is 2. The van der Waals surface area contributed by atoms with Gasteiger partial charge in [0.25, 0.3) is 0 Å². The third kappa shape index (κ3) is 13.7. The van der Waals surface area contributed by atoms with Gasteiger partial charge < -0.3 is 30.6 Å². The molecule has 0 atom stereocenters. The topological polar surface area (TPSA) is 190 Å². The fourth-order valence-electron chi connectivity index (χ4n) is 1.05. The number of carboxylic acid groups (broad SMARTS) is 4. The minimum Gasteiger partial charge on any atom is -0.478 e. The van der Waals surface area contributed by atoms with E-state index in [0.29, 0.717) is 12.2 Å². The monoisotopic (exact) mass is 386 g/mol. The van der Waals surface area contributed by atoms with Crippen LogP contribution in [0.4, 0.5) is 0 Å². The van der Waals surface area contributed by atoms with Crippen LogP contribution in [0.2, 0.25) is 0 Å². The Morgan fingerprint density at radius 2 is 1.07 bits per heavy atom. The molecule has 1 rings (SSSR count). The van der Waals surface area contributed by atoms with Gasteiger partial charge >= 0.3 is 23.9 Å². The number of hydrogen-bond donors (Lipinski definition) is 6. The Balaban J connectivity index is 0. The van der Waals surface area contributed by atoms with Crippen LogP contribution < -0.4 is 0 Å². The highest BCUT2D eigenvalue weighted by Crippen LogP contribution is 2.10. The van der Waals surface area contributed by atoms with E-state index in [0.717, 1.165) is 0 Å². The highest BCUT2D eigenvalue weighted by atomic mass is 16.4. The first-order valence-electron chi connectivity index (χ1n) is 7.29. The molecule has 1 aromatic carbocycles. The molecule has 0 spiro atoms. The van der Waals surface area contributed by atoms with Crippen LogP contribution >= 0.6 is 0 Å². The first kappa shape index (κ1) is 26.0. The Morgan fingerprint density at radius 3 is 1.22 bits per heavy atom. The summed E-state index contributed by atoms with van der Waals surface area (Å²) in [7, 11) is 0. The Morgan fingerprint density at radius 1 is 0.778 bits per heavy atom. The van der Waals surface area contributed by atoms with Crippen molar-refractivity contribution in [2.75, 3.05) is 13.2 Å². The zero-order valence-electron chi connectivity index (χ0n) is 14.7. The van der Waals surface area contributed by atoms with Crippen molar-refractivity contribution in [2.24, 2.45) is 5.41 Å². The third-order valence-electron chi connectivity index (χ3n) is 2.61. The molecule has 150 valence electrons. The molecule has 0 aliphatic carbocycles. The number of carbonyl (C=O) groups is 4. The van der Waals surface area contributed by atoms with Gasteiger partial charge in [0.05, 0.1) is 24.3 Å². The third-order valence-corrected chi connectivity index (χ3v) is 2.61. The van der Waals surface area contributed by atoms with Crippen molar-refractivity contribution in [1.29, 1.82) is 0 Å². The average Bonchev–Trinajstić information content (AvgIpc) is 2.61. The number of aliphatic hydroxyl groups is 2. The molecule has 0 unspecified atom stereocenters. The molecule has 0 aromatic heterocycles. The maximum Gasteiger partial charge on any atom is 0.336 e. The Kier molecular flexibility index (Phi) is 12.5. The highest BCUT2D eigenvalue weighted by Gasteiger charge is 2.14.